The van der Waals surface area contributed by atoms with Crippen LogP contribution in [0.4, 0.5) is 15.3 Å². The SMILES string of the molecule is COC(=O)[C@@H](C)CN1C(=O)NC(Nc2ccc(OC(C)C)c(Br)c2)N(Cc2ccc(C)cc2)C1=O. The van der Waals surface area contributed by atoms with Gasteiger partial charge in [-0.2, -0.15) is 0 Å². The second-order valence-corrected chi connectivity index (χ2v) is 9.59. The number of amides is 4. The average molecular weight is 547 g/mol. The molecule has 2 atom stereocenters. The third kappa shape index (κ3) is 6.66. The van der Waals surface area contributed by atoms with Gasteiger partial charge in [0.05, 0.1) is 30.1 Å². The molecule has 35 heavy (non-hydrogen) atoms. The van der Waals surface area contributed by atoms with Gasteiger partial charge in [0.25, 0.3) is 0 Å². The Morgan fingerprint density at radius 2 is 1.83 bits per heavy atom. The van der Waals surface area contributed by atoms with Gasteiger partial charge in [-0.25, -0.2) is 14.5 Å². The quantitative estimate of drug-likeness (QED) is 0.442. The minimum Gasteiger partial charge on any atom is -0.490 e. The maximum Gasteiger partial charge on any atom is 0.331 e. The summed E-state index contributed by atoms with van der Waals surface area (Å²) in [5.74, 6) is -0.469. The van der Waals surface area contributed by atoms with Crippen molar-refractivity contribution in [2.45, 2.75) is 46.6 Å². The van der Waals surface area contributed by atoms with E-state index in [0.717, 1.165) is 20.5 Å². The molecule has 0 spiro atoms. The molecule has 2 aromatic rings. The van der Waals surface area contributed by atoms with E-state index < -0.39 is 30.2 Å². The van der Waals surface area contributed by atoms with E-state index in [1.807, 2.05) is 63.2 Å². The summed E-state index contributed by atoms with van der Waals surface area (Å²) in [5.41, 5.74) is 2.68. The Morgan fingerprint density at radius 1 is 1.14 bits per heavy atom. The molecule has 1 saturated heterocycles. The molecular formula is C25H31BrN4O5. The number of hydrogen-bond acceptors (Lipinski definition) is 6. The first-order valence-electron chi connectivity index (χ1n) is 11.3. The van der Waals surface area contributed by atoms with Crippen LogP contribution in [0, 0.1) is 12.8 Å². The summed E-state index contributed by atoms with van der Waals surface area (Å²) >= 11 is 3.51. The van der Waals surface area contributed by atoms with Crippen LogP contribution in [-0.4, -0.2) is 53.9 Å². The predicted octanol–water partition coefficient (Wildman–Crippen LogP) is 4.70. The summed E-state index contributed by atoms with van der Waals surface area (Å²) < 4.78 is 11.3. The van der Waals surface area contributed by atoms with Crippen molar-refractivity contribution >= 4 is 39.6 Å². The van der Waals surface area contributed by atoms with Crippen molar-refractivity contribution in [1.29, 1.82) is 0 Å². The predicted molar refractivity (Wildman–Crippen MR) is 136 cm³/mol. The molecule has 0 aliphatic carbocycles. The first-order chi connectivity index (χ1) is 16.6. The molecule has 0 bridgehead atoms. The summed E-state index contributed by atoms with van der Waals surface area (Å²) in [6.45, 7) is 7.63. The fraction of sp³-hybridized carbons (Fsp3) is 0.400. The number of benzene rings is 2. The van der Waals surface area contributed by atoms with Crippen LogP contribution in [0.5, 0.6) is 5.75 Å². The Bertz CT molecular complexity index is 1080. The molecule has 1 heterocycles. The van der Waals surface area contributed by atoms with Crippen LogP contribution in [0.2, 0.25) is 0 Å². The first-order valence-corrected chi connectivity index (χ1v) is 12.1. The third-order valence-corrected chi connectivity index (χ3v) is 6.04. The second kappa shape index (κ2) is 11.4. The van der Waals surface area contributed by atoms with Crippen LogP contribution in [-0.2, 0) is 16.1 Å². The van der Waals surface area contributed by atoms with E-state index in [-0.39, 0.29) is 19.2 Å². The van der Waals surface area contributed by atoms with E-state index in [2.05, 4.69) is 26.6 Å². The van der Waals surface area contributed by atoms with Crippen molar-refractivity contribution in [2.24, 2.45) is 5.92 Å². The first kappa shape index (κ1) is 26.3. The van der Waals surface area contributed by atoms with Crippen LogP contribution in [0.1, 0.15) is 31.9 Å². The summed E-state index contributed by atoms with van der Waals surface area (Å²) in [6, 6.07) is 12.1. The number of esters is 1. The fourth-order valence-electron chi connectivity index (χ4n) is 3.60. The van der Waals surface area contributed by atoms with Crippen LogP contribution in [0.25, 0.3) is 0 Å². The summed E-state index contributed by atoms with van der Waals surface area (Å²) in [7, 11) is 1.27. The molecule has 188 valence electrons. The van der Waals surface area contributed by atoms with E-state index in [4.69, 9.17) is 9.47 Å². The molecule has 2 aromatic carbocycles. The highest BCUT2D eigenvalue weighted by Gasteiger charge is 2.39. The lowest BCUT2D eigenvalue weighted by Crippen LogP contribution is -2.67. The van der Waals surface area contributed by atoms with Gasteiger partial charge in [-0.3, -0.25) is 15.0 Å². The monoisotopic (exact) mass is 546 g/mol. The molecule has 0 saturated carbocycles. The average Bonchev–Trinajstić information content (AvgIpc) is 2.81. The second-order valence-electron chi connectivity index (χ2n) is 8.74. The lowest BCUT2D eigenvalue weighted by molar-refractivity contribution is -0.145. The lowest BCUT2D eigenvalue weighted by Gasteiger charge is -2.42. The van der Waals surface area contributed by atoms with Crippen molar-refractivity contribution < 1.29 is 23.9 Å². The number of ether oxygens (including phenoxy) is 2. The standard InChI is InChI=1S/C25H31BrN4O5/c1-15(2)35-21-11-10-19(12-20(21)26)27-23-28-24(32)30(13-17(4)22(31)34-5)25(33)29(23)14-18-8-6-16(3)7-9-18/h6-12,15,17,23,27H,13-14H2,1-5H3,(H,28,32)/t17-,23?/m0/s1. The van der Waals surface area contributed by atoms with E-state index in [1.165, 1.54) is 12.0 Å². The highest BCUT2D eigenvalue weighted by Crippen LogP contribution is 2.30. The van der Waals surface area contributed by atoms with Crippen molar-refractivity contribution in [3.63, 3.8) is 0 Å². The Morgan fingerprint density at radius 3 is 2.43 bits per heavy atom. The zero-order valence-corrected chi connectivity index (χ0v) is 22.1. The normalized spacial score (nSPS) is 16.7. The fourth-order valence-corrected chi connectivity index (χ4v) is 4.07. The summed E-state index contributed by atoms with van der Waals surface area (Å²) in [4.78, 5) is 40.8. The Kier molecular flexibility index (Phi) is 8.61. The van der Waals surface area contributed by atoms with E-state index in [9.17, 15) is 14.4 Å². The molecule has 1 unspecified atom stereocenters. The molecule has 1 aliphatic rings. The van der Waals surface area contributed by atoms with E-state index in [1.54, 1.807) is 6.92 Å². The maximum absolute atomic E-state index is 13.5. The van der Waals surface area contributed by atoms with E-state index in [0.29, 0.717) is 11.4 Å². The number of urea groups is 2. The molecule has 9 nitrogen and oxygen atoms in total. The number of carbonyl (C=O) groups excluding carboxylic acids is 3. The molecular weight excluding hydrogens is 516 g/mol. The lowest BCUT2D eigenvalue weighted by atomic mass is 10.1. The number of carbonyl (C=O) groups is 3. The molecule has 1 fully saturated rings. The van der Waals surface area contributed by atoms with Crippen LogP contribution >= 0.6 is 15.9 Å². The van der Waals surface area contributed by atoms with Crippen molar-refractivity contribution in [3.8, 4) is 5.75 Å². The molecule has 3 rings (SSSR count). The third-order valence-electron chi connectivity index (χ3n) is 5.43. The van der Waals surface area contributed by atoms with Gasteiger partial charge in [0.1, 0.15) is 5.75 Å². The number of imide groups is 1. The highest BCUT2D eigenvalue weighted by atomic mass is 79.9. The number of nitrogens with zero attached hydrogens (tertiary/aromatic N) is 2. The van der Waals surface area contributed by atoms with Gasteiger partial charge in [-0.05, 0) is 60.5 Å². The van der Waals surface area contributed by atoms with Gasteiger partial charge in [0.15, 0.2) is 6.29 Å². The Labute approximate surface area is 213 Å². The van der Waals surface area contributed by atoms with Crippen LogP contribution in [0.15, 0.2) is 46.9 Å². The van der Waals surface area contributed by atoms with Gasteiger partial charge in [0, 0.05) is 12.2 Å². The van der Waals surface area contributed by atoms with Crippen molar-refractivity contribution in [2.75, 3.05) is 19.0 Å². The molecule has 0 aromatic heterocycles. The summed E-state index contributed by atoms with van der Waals surface area (Å²) in [6.07, 6.45) is -0.798. The van der Waals surface area contributed by atoms with E-state index >= 15 is 0 Å². The Hall–Kier alpha value is -3.27. The van der Waals surface area contributed by atoms with Crippen molar-refractivity contribution in [1.82, 2.24) is 15.1 Å². The van der Waals surface area contributed by atoms with Gasteiger partial charge in [0.2, 0.25) is 0 Å². The minimum atomic E-state index is -0.815. The summed E-state index contributed by atoms with van der Waals surface area (Å²) in [5, 5.41) is 6.06. The topological polar surface area (TPSA) is 100 Å². The number of anilines is 1. The zero-order valence-electron chi connectivity index (χ0n) is 20.5. The number of nitrogens with one attached hydrogen (secondary N) is 2. The molecule has 10 heteroatoms. The molecule has 2 N–H and O–H groups in total. The van der Waals surface area contributed by atoms with Crippen LogP contribution < -0.4 is 15.4 Å². The molecule has 4 amide bonds. The van der Waals surface area contributed by atoms with Gasteiger partial charge in [-0.1, -0.05) is 36.8 Å². The number of aryl methyl sites for hydroxylation is 1. The molecule has 1 aliphatic heterocycles. The van der Waals surface area contributed by atoms with Crippen LogP contribution in [0.3, 0.4) is 0 Å². The number of halogens is 1. The van der Waals surface area contributed by atoms with Gasteiger partial charge >= 0.3 is 18.0 Å². The highest BCUT2D eigenvalue weighted by molar-refractivity contribution is 9.10. The largest absolute Gasteiger partial charge is 0.490 e. The maximum atomic E-state index is 13.5. The number of hydrogen-bond donors (Lipinski definition) is 2. The van der Waals surface area contributed by atoms with Gasteiger partial charge in [-0.15, -0.1) is 0 Å². The van der Waals surface area contributed by atoms with Gasteiger partial charge < -0.3 is 14.8 Å². The number of rotatable bonds is 9. The zero-order chi connectivity index (χ0) is 25.7. The Balaban J connectivity index is 1.86. The van der Waals surface area contributed by atoms with Crippen molar-refractivity contribution in [3.05, 3.63) is 58.1 Å². The smallest absolute Gasteiger partial charge is 0.331 e. The molecule has 0 radical (unpaired) electrons. The minimum absolute atomic E-state index is 0.0173. The number of methoxy groups -OCH3 is 1.